The minimum absolute atomic E-state index is 0.00549. The molecule has 0 fully saturated rings. The average Bonchev–Trinajstić information content (AvgIpc) is 3.06. The molecule has 5 rings (SSSR count). The fourth-order valence-corrected chi connectivity index (χ4v) is 8.28. The van der Waals surface area contributed by atoms with Crippen LogP contribution in [0.4, 0.5) is 0 Å². The van der Waals surface area contributed by atoms with Crippen LogP contribution < -0.4 is 10.1 Å². The van der Waals surface area contributed by atoms with Crippen molar-refractivity contribution < 1.29 is 34.7 Å². The Balaban J connectivity index is 1.49. The van der Waals surface area contributed by atoms with Crippen LogP contribution in [-0.2, 0) is 28.3 Å². The number of hydrogen-bond donors (Lipinski definition) is 5. The molecule has 0 spiro atoms. The van der Waals surface area contributed by atoms with Crippen LogP contribution in [-0.4, -0.2) is 58.3 Å². The van der Waals surface area contributed by atoms with Gasteiger partial charge in [-0.25, -0.2) is 0 Å². The average molecular weight is 664 g/mol. The summed E-state index contributed by atoms with van der Waals surface area (Å²) in [6.07, 6.45) is 0.317. The summed E-state index contributed by atoms with van der Waals surface area (Å²) in [6, 6.07) is 20.2. The maximum absolute atomic E-state index is 13.6. The lowest BCUT2D eigenvalue weighted by molar-refractivity contribution is -0.124. The highest BCUT2D eigenvalue weighted by molar-refractivity contribution is 8.76. The number of carbonyl (C=O) groups is 1. The summed E-state index contributed by atoms with van der Waals surface area (Å²) in [5, 5.41) is 46.8. The lowest BCUT2D eigenvalue weighted by Crippen LogP contribution is -2.28. The van der Waals surface area contributed by atoms with Crippen LogP contribution in [0.15, 0.2) is 66.7 Å². The Kier molecular flexibility index (Phi) is 11.9. The monoisotopic (exact) mass is 663 g/mol. The molecule has 0 aliphatic carbocycles. The zero-order chi connectivity index (χ0) is 32.6. The molecule has 3 unspecified atom stereocenters. The Morgan fingerprint density at radius 2 is 1.83 bits per heavy atom. The third-order valence-electron chi connectivity index (χ3n) is 8.34. The van der Waals surface area contributed by atoms with E-state index in [0.717, 1.165) is 44.2 Å². The van der Waals surface area contributed by atoms with Crippen molar-refractivity contribution in [3.05, 3.63) is 89.0 Å². The smallest absolute Gasteiger partial charge is 0.168 e. The molecule has 244 valence electrons. The number of nitrogens with one attached hydrogen (secondary N) is 1. The second-order valence-corrected chi connectivity index (χ2v) is 14.0. The van der Waals surface area contributed by atoms with Gasteiger partial charge in [0.2, 0.25) is 0 Å². The van der Waals surface area contributed by atoms with Crippen molar-refractivity contribution in [3.8, 4) is 28.4 Å². The molecule has 4 aromatic rings. The Labute approximate surface area is 277 Å². The van der Waals surface area contributed by atoms with E-state index in [1.807, 2.05) is 48.5 Å². The fourth-order valence-electron chi connectivity index (χ4n) is 5.98. The third-order valence-corrected chi connectivity index (χ3v) is 10.7. The van der Waals surface area contributed by atoms with E-state index >= 15 is 0 Å². The normalized spacial score (nSPS) is 18.9. The predicted octanol–water partition coefficient (Wildman–Crippen LogP) is 6.65. The van der Waals surface area contributed by atoms with E-state index in [2.05, 4.69) is 5.32 Å². The van der Waals surface area contributed by atoms with Gasteiger partial charge in [0.15, 0.2) is 11.5 Å². The van der Waals surface area contributed by atoms with E-state index < -0.39 is 18.4 Å². The minimum Gasteiger partial charge on any atom is -0.508 e. The zero-order valence-corrected chi connectivity index (χ0v) is 27.7. The number of rotatable bonds is 6. The molecule has 0 aromatic heterocycles. The van der Waals surface area contributed by atoms with Crippen molar-refractivity contribution >= 4 is 38.1 Å². The first kappa shape index (κ1) is 34.1. The fraction of sp³-hybridized carbons (Fsp3) is 0.361. The van der Waals surface area contributed by atoms with Gasteiger partial charge in [0.05, 0.1) is 25.9 Å². The molecule has 8 nitrogen and oxygen atoms in total. The van der Waals surface area contributed by atoms with E-state index in [0.29, 0.717) is 36.5 Å². The van der Waals surface area contributed by atoms with Crippen molar-refractivity contribution in [2.24, 2.45) is 0 Å². The van der Waals surface area contributed by atoms with Crippen molar-refractivity contribution in [3.63, 3.8) is 0 Å². The van der Waals surface area contributed by atoms with Gasteiger partial charge in [-0.3, -0.25) is 10.1 Å². The molecule has 10 heteroatoms. The van der Waals surface area contributed by atoms with E-state index in [1.165, 1.54) is 7.11 Å². The Hall–Kier alpha value is -3.25. The van der Waals surface area contributed by atoms with Crippen LogP contribution in [0.1, 0.15) is 54.2 Å². The lowest BCUT2D eigenvalue weighted by Gasteiger charge is -2.26. The van der Waals surface area contributed by atoms with E-state index in [-0.39, 0.29) is 36.7 Å². The number of aryl methyl sites for hydroxylation is 1. The van der Waals surface area contributed by atoms with Gasteiger partial charge in [-0.15, -0.1) is 0 Å². The molecule has 0 saturated carbocycles. The molecule has 46 heavy (non-hydrogen) atoms. The van der Waals surface area contributed by atoms with Gasteiger partial charge >= 0.3 is 0 Å². The van der Waals surface area contributed by atoms with E-state index in [4.69, 9.17) is 9.47 Å². The number of phenolic OH excluding ortho intramolecular Hbond substituents is 2. The largest absolute Gasteiger partial charge is 0.508 e. The number of ether oxygens (including phenoxy) is 2. The number of phenols is 2. The minimum atomic E-state index is -0.592. The number of Topliss-reactive ketones (excluding diaryl/α,β-unsaturated/α-hetero) is 1. The molecule has 1 aliphatic rings. The molecule has 0 saturated heterocycles. The quantitative estimate of drug-likeness (QED) is 0.113. The molecule has 0 radical (unpaired) electrons. The number of hydrogen-bond acceptors (Lipinski definition) is 10. The highest BCUT2D eigenvalue weighted by Crippen LogP contribution is 2.45. The number of fused-ring (bicyclic) bond motifs is 5. The number of benzene rings is 4. The molecule has 5 N–H and O–H groups in total. The molecule has 1 aliphatic heterocycles. The van der Waals surface area contributed by atoms with Gasteiger partial charge in [-0.1, -0.05) is 64.1 Å². The number of aliphatic hydroxyl groups is 2. The summed E-state index contributed by atoms with van der Waals surface area (Å²) < 4.78 is 12.2. The Morgan fingerprint density at radius 1 is 1.00 bits per heavy atom. The van der Waals surface area contributed by atoms with Gasteiger partial charge < -0.3 is 29.9 Å². The summed E-state index contributed by atoms with van der Waals surface area (Å²) >= 11 is 0. The van der Waals surface area contributed by atoms with Crippen LogP contribution in [0.5, 0.6) is 17.2 Å². The first-order valence-corrected chi connectivity index (χ1v) is 17.9. The van der Waals surface area contributed by atoms with E-state index in [9.17, 15) is 25.2 Å². The van der Waals surface area contributed by atoms with Crippen LogP contribution in [0.25, 0.3) is 21.9 Å². The van der Waals surface area contributed by atoms with Crippen molar-refractivity contribution in [1.29, 1.82) is 0 Å². The molecule has 3 atom stereocenters. The second kappa shape index (κ2) is 16.0. The molecular formula is C36H41NO7S2. The molecule has 4 aromatic carbocycles. The summed E-state index contributed by atoms with van der Waals surface area (Å²) in [5.41, 5.74) is 5.04. The Bertz CT molecular complexity index is 1660. The van der Waals surface area contributed by atoms with Gasteiger partial charge in [0.1, 0.15) is 17.8 Å². The molecular weight excluding hydrogens is 623 g/mol. The number of ketones is 1. The highest BCUT2D eigenvalue weighted by atomic mass is 33.1. The first-order valence-electron chi connectivity index (χ1n) is 15.4. The third kappa shape index (κ3) is 8.17. The van der Waals surface area contributed by atoms with Crippen LogP contribution in [0, 0.1) is 0 Å². The maximum Gasteiger partial charge on any atom is 0.168 e. The van der Waals surface area contributed by atoms with Crippen molar-refractivity contribution in [2.45, 2.75) is 62.9 Å². The van der Waals surface area contributed by atoms with Gasteiger partial charge in [-0.05, 0) is 89.2 Å². The lowest BCUT2D eigenvalue weighted by atomic mass is 9.89. The number of methoxy groups -OCH3 is 1. The van der Waals surface area contributed by atoms with Crippen LogP contribution >= 0.6 is 21.6 Å². The van der Waals surface area contributed by atoms with E-state index in [1.54, 1.807) is 46.8 Å². The summed E-state index contributed by atoms with van der Waals surface area (Å²) in [5.74, 6) is 1.60. The second-order valence-electron chi connectivity index (χ2n) is 11.5. The summed E-state index contributed by atoms with van der Waals surface area (Å²) in [6.45, 7) is -0.0821. The van der Waals surface area contributed by atoms with Gasteiger partial charge in [0, 0.05) is 29.9 Å². The highest BCUT2D eigenvalue weighted by Gasteiger charge is 2.25. The Morgan fingerprint density at radius 3 is 2.61 bits per heavy atom. The van der Waals surface area contributed by atoms with Gasteiger partial charge in [-0.2, -0.15) is 0 Å². The maximum atomic E-state index is 13.6. The predicted molar refractivity (Wildman–Crippen MR) is 185 cm³/mol. The van der Waals surface area contributed by atoms with Crippen molar-refractivity contribution in [2.75, 3.05) is 19.9 Å². The van der Waals surface area contributed by atoms with Crippen LogP contribution in [0.2, 0.25) is 0 Å². The zero-order valence-electron chi connectivity index (χ0n) is 26.1. The number of aromatic hydroxyl groups is 2. The summed E-state index contributed by atoms with van der Waals surface area (Å²) in [4.78, 5) is 13.6. The van der Waals surface area contributed by atoms with Gasteiger partial charge in [0.25, 0.3) is 0 Å². The number of aliphatic hydroxyl groups excluding tert-OH is 2. The first-order chi connectivity index (χ1) is 22.3. The molecule has 0 amide bonds. The molecule has 0 bridgehead atoms. The SMILES string of the molecule is CNC(OC1CCC(O)CSSCc2c(ccc3ccc(O)cc23)-c2c(ccc(O)c2OC)CCC(=O)C1)c1cccc(CO)c1. The standard InChI is InChI=1S/C36H41NO7S2/c1-37-36(25-5-3-4-22(16-25)19-38)44-29-13-12-28(41)20-45-46-21-32-30(14-8-23-6-10-27(40)18-31(23)32)34-24(7-11-26(39)17-29)9-15-33(42)35(34)43-2/h3-6,8-10,14-16,18,28-29,36-38,40-42H,7,11-13,17,19-21H2,1-2H3. The topological polar surface area (TPSA) is 128 Å². The summed E-state index contributed by atoms with van der Waals surface area (Å²) in [7, 11) is 6.50. The molecule has 1 heterocycles. The van der Waals surface area contributed by atoms with Crippen molar-refractivity contribution in [1.82, 2.24) is 5.32 Å². The van der Waals surface area contributed by atoms with Crippen LogP contribution in [0.3, 0.4) is 0 Å². The number of carbonyl (C=O) groups excluding carboxylic acids is 1.